The minimum absolute atomic E-state index is 0. The molecule has 0 nitrogen and oxygen atoms in total. The predicted octanol–water partition coefficient (Wildman–Crippen LogP) is 0.855. The standard InChI is InChI=1S/C13H9.C11H6BrS.2ClH.S.Zr/c1-3-7-12-10(5-1)9-11-6-2-4-8-13(11)12;12-11-6-9-8-4-2-1-3-7(8)5-10(9)13-11;;;;/h1-7H,9H2;1-5,11H;2*1H;;/q;;;;;+2/p-2. The third kappa shape index (κ3) is 3.43. The zero-order valence-electron chi connectivity index (χ0n) is 15.7. The van der Waals surface area contributed by atoms with Crippen LogP contribution in [0.3, 0.4) is 0 Å². The number of benzene rings is 3. The van der Waals surface area contributed by atoms with Crippen molar-refractivity contribution in [2.75, 3.05) is 0 Å². The number of thioether (sulfide) groups is 1. The molecule has 30 heavy (non-hydrogen) atoms. The molecular formula is C24H15BrCl2S2Zr. The van der Waals surface area contributed by atoms with E-state index in [0.717, 1.165) is 6.42 Å². The Morgan fingerprint density at radius 1 is 0.867 bits per heavy atom. The molecule has 2 aliphatic carbocycles. The average Bonchev–Trinajstić information content (AvgIpc) is 3.35. The van der Waals surface area contributed by atoms with Crippen molar-refractivity contribution >= 4 is 51.5 Å². The van der Waals surface area contributed by atoms with Crippen LogP contribution in [0.15, 0.2) is 74.9 Å². The normalized spacial score (nSPS) is 16.9. The second-order valence-corrected chi connectivity index (χ2v) is 16.7. The van der Waals surface area contributed by atoms with Crippen molar-refractivity contribution in [3.63, 3.8) is 0 Å². The third-order valence-electron chi connectivity index (χ3n) is 5.80. The van der Waals surface area contributed by atoms with E-state index in [4.69, 9.17) is 8.86 Å². The summed E-state index contributed by atoms with van der Waals surface area (Å²) >= 11 is 3.44. The fraction of sp³-hybridized carbons (Fsp3) is 0.0833. The molecule has 0 spiro atoms. The Balaban J connectivity index is 0.00000109. The molecule has 148 valence electrons. The van der Waals surface area contributed by atoms with E-state index >= 15 is 0 Å². The van der Waals surface area contributed by atoms with E-state index in [2.05, 4.69) is 88.7 Å². The van der Waals surface area contributed by atoms with Gasteiger partial charge in [0, 0.05) is 0 Å². The molecule has 1 heterocycles. The van der Waals surface area contributed by atoms with Crippen molar-refractivity contribution in [2.45, 2.75) is 10.6 Å². The summed E-state index contributed by atoms with van der Waals surface area (Å²) in [6.45, 7) is 0. The first kappa shape index (κ1) is 22.8. The minimum atomic E-state index is -2.46. The van der Waals surface area contributed by atoms with Crippen LogP contribution < -0.4 is 28.1 Å². The number of allylic oxidation sites excluding steroid dienone is 1. The fourth-order valence-corrected chi connectivity index (χ4v) is 17.1. The first-order valence-corrected chi connectivity index (χ1v) is 17.0. The van der Waals surface area contributed by atoms with Crippen LogP contribution in [0, 0.1) is 0 Å². The number of rotatable bonds is 2. The van der Waals surface area contributed by atoms with Crippen molar-refractivity contribution in [2.24, 2.45) is 0 Å². The molecule has 1 unspecified atom stereocenters. The van der Waals surface area contributed by atoms with E-state index in [0.29, 0.717) is 4.16 Å². The van der Waals surface area contributed by atoms with E-state index in [-0.39, 0.29) is 24.8 Å². The predicted molar refractivity (Wildman–Crippen MR) is 124 cm³/mol. The molecule has 0 amide bonds. The van der Waals surface area contributed by atoms with Gasteiger partial charge < -0.3 is 24.8 Å². The quantitative estimate of drug-likeness (QED) is 0.310. The topological polar surface area (TPSA) is 0 Å². The molecule has 3 aromatic carbocycles. The van der Waals surface area contributed by atoms with Crippen molar-refractivity contribution in [3.05, 3.63) is 97.2 Å². The Morgan fingerprint density at radius 3 is 2.40 bits per heavy atom. The summed E-state index contributed by atoms with van der Waals surface area (Å²) in [4.78, 5) is 1.40. The first-order chi connectivity index (χ1) is 13.7. The third-order valence-corrected chi connectivity index (χ3v) is 16.7. The van der Waals surface area contributed by atoms with Gasteiger partial charge in [0.05, 0.1) is 0 Å². The van der Waals surface area contributed by atoms with Crippen molar-refractivity contribution in [1.82, 2.24) is 0 Å². The number of hydrogen-bond donors (Lipinski definition) is 0. The van der Waals surface area contributed by atoms with Gasteiger partial charge in [-0.1, -0.05) is 0 Å². The van der Waals surface area contributed by atoms with Gasteiger partial charge in [0.1, 0.15) is 0 Å². The number of fused-ring (bicyclic) bond motifs is 6. The molecule has 0 bridgehead atoms. The molecule has 0 fully saturated rings. The number of hydrogen-bond acceptors (Lipinski definition) is 2. The van der Waals surface area contributed by atoms with Gasteiger partial charge in [0.15, 0.2) is 0 Å². The van der Waals surface area contributed by atoms with Gasteiger partial charge in [0.25, 0.3) is 0 Å². The van der Waals surface area contributed by atoms with Crippen LogP contribution in [0.1, 0.15) is 22.3 Å². The summed E-state index contributed by atoms with van der Waals surface area (Å²) in [6, 6.07) is 24.4. The summed E-state index contributed by atoms with van der Waals surface area (Å²) in [6.07, 6.45) is 3.38. The Bertz CT molecular complexity index is 1270. The second kappa shape index (κ2) is 8.89. The fourth-order valence-electron chi connectivity index (χ4n) is 4.59. The maximum atomic E-state index is 6.43. The summed E-state index contributed by atoms with van der Waals surface area (Å²) in [7, 11) is 6.43. The van der Waals surface area contributed by atoms with Crippen LogP contribution in [0.5, 0.6) is 0 Å². The zero-order chi connectivity index (χ0) is 18.8. The van der Waals surface area contributed by atoms with Crippen LogP contribution in [0.2, 0.25) is 0 Å². The zero-order valence-corrected chi connectivity index (χ0v) is 22.9. The molecule has 1 aliphatic heterocycles. The van der Waals surface area contributed by atoms with E-state index in [1.807, 2.05) is 11.8 Å². The van der Waals surface area contributed by atoms with Gasteiger partial charge >= 0.3 is 190 Å². The maximum absolute atomic E-state index is 6.43. The van der Waals surface area contributed by atoms with Crippen molar-refractivity contribution < 1.29 is 44.5 Å². The van der Waals surface area contributed by atoms with Gasteiger partial charge in [0.2, 0.25) is 0 Å². The van der Waals surface area contributed by atoms with Gasteiger partial charge in [-0.2, -0.15) is 0 Å². The first-order valence-electron chi connectivity index (χ1n) is 9.33. The van der Waals surface area contributed by atoms with Crippen LogP contribution >= 0.6 is 36.5 Å². The molecule has 0 N–H and O–H groups in total. The monoisotopic (exact) mass is 606 g/mol. The summed E-state index contributed by atoms with van der Waals surface area (Å²) in [5, 5.41) is 0. The van der Waals surface area contributed by atoms with E-state index in [9.17, 15) is 0 Å². The molecule has 3 aliphatic rings. The van der Waals surface area contributed by atoms with Crippen LogP contribution in [0.25, 0.3) is 22.8 Å². The van der Waals surface area contributed by atoms with E-state index < -0.39 is 19.7 Å². The number of alkyl halides is 1. The van der Waals surface area contributed by atoms with Crippen LogP contribution in [0.4, 0.5) is 0 Å². The molecular weight excluding hydrogens is 594 g/mol. The van der Waals surface area contributed by atoms with Gasteiger partial charge in [-0.15, -0.1) is 0 Å². The second-order valence-electron chi connectivity index (χ2n) is 7.32. The molecule has 6 rings (SSSR count). The Morgan fingerprint density at radius 2 is 1.57 bits per heavy atom. The molecule has 1 atom stereocenters. The summed E-state index contributed by atoms with van der Waals surface area (Å²) in [5.41, 5.74) is 9.90. The van der Waals surface area contributed by atoms with Crippen molar-refractivity contribution in [3.8, 4) is 11.1 Å². The molecule has 0 saturated carbocycles. The Labute approximate surface area is 212 Å². The molecule has 0 saturated heterocycles. The Kier molecular flexibility index (Phi) is 6.76. The van der Waals surface area contributed by atoms with Gasteiger partial charge in [-0.3, -0.25) is 0 Å². The number of halogens is 3. The van der Waals surface area contributed by atoms with Crippen molar-refractivity contribution in [1.29, 1.82) is 0 Å². The molecule has 3 aromatic rings. The van der Waals surface area contributed by atoms with E-state index in [1.54, 1.807) is 0 Å². The summed E-state index contributed by atoms with van der Waals surface area (Å²) < 4.78 is 3.32. The van der Waals surface area contributed by atoms with E-state index in [1.165, 1.54) is 50.4 Å². The molecule has 0 radical (unpaired) electrons. The Hall–Kier alpha value is -0.347. The van der Waals surface area contributed by atoms with Gasteiger partial charge in [-0.25, -0.2) is 0 Å². The van der Waals surface area contributed by atoms with Crippen LogP contribution in [-0.4, -0.2) is 4.16 Å². The average molecular weight is 610 g/mol. The summed E-state index contributed by atoms with van der Waals surface area (Å²) in [5.74, 6) is 0. The molecule has 6 heteroatoms. The van der Waals surface area contributed by atoms with Gasteiger partial charge in [-0.05, 0) is 0 Å². The SMILES string of the molecule is [Cl-].[Cl-].[S]=[Zr+2]([C]1=C2C(=Cc3ccccc32)SC1Br)[c]1cccc2c1-c1ccccc1C2. The molecule has 0 aromatic heterocycles. The van der Waals surface area contributed by atoms with Crippen LogP contribution in [-0.2, 0) is 26.1 Å².